The van der Waals surface area contributed by atoms with Crippen LogP contribution >= 0.6 is 0 Å². The summed E-state index contributed by atoms with van der Waals surface area (Å²) in [5.74, 6) is 0.617. The molecule has 96 valence electrons. The SMILES string of the molecule is Nc1ncnc2c1ncn2C1C=CC(CO)C1.[Pa].[V]. The second kappa shape index (κ2) is 6.94. The molecule has 19 heavy (non-hydrogen) atoms. The van der Waals surface area contributed by atoms with Gasteiger partial charge in [-0.3, -0.25) is 0 Å². The van der Waals surface area contributed by atoms with E-state index in [0.717, 1.165) is 12.1 Å². The number of fused-ring (bicyclic) bond motifs is 1. The van der Waals surface area contributed by atoms with Crippen molar-refractivity contribution in [1.29, 1.82) is 0 Å². The largest absolute Gasteiger partial charge is 0.396 e. The van der Waals surface area contributed by atoms with E-state index in [1.54, 1.807) is 6.33 Å². The first-order valence-electron chi connectivity index (χ1n) is 5.52. The van der Waals surface area contributed by atoms with Crippen molar-refractivity contribution in [1.82, 2.24) is 19.5 Å². The van der Waals surface area contributed by atoms with Crippen LogP contribution in [0.5, 0.6) is 0 Å². The second-order valence-corrected chi connectivity index (χ2v) is 4.21. The Hall–Kier alpha value is -0.275. The summed E-state index contributed by atoms with van der Waals surface area (Å²) in [5.41, 5.74) is 7.11. The Morgan fingerprint density at radius 3 is 2.79 bits per heavy atom. The van der Waals surface area contributed by atoms with Crippen LogP contribution in [0.25, 0.3) is 11.2 Å². The fraction of sp³-hybridized carbons (Fsp3) is 0.364. The maximum atomic E-state index is 9.12. The fourth-order valence-electron chi connectivity index (χ4n) is 2.21. The molecule has 2 aromatic rings. The molecule has 6 nitrogen and oxygen atoms in total. The predicted octanol–water partition coefficient (Wildman–Crippen LogP) is 0.516. The van der Waals surface area contributed by atoms with Crippen molar-refractivity contribution in [2.75, 3.05) is 12.3 Å². The van der Waals surface area contributed by atoms with Crippen molar-refractivity contribution < 1.29 is 56.0 Å². The van der Waals surface area contributed by atoms with E-state index in [2.05, 4.69) is 21.0 Å². The van der Waals surface area contributed by atoms with Crippen molar-refractivity contribution in [3.05, 3.63) is 24.8 Å². The van der Waals surface area contributed by atoms with E-state index >= 15 is 0 Å². The van der Waals surface area contributed by atoms with Crippen LogP contribution in [0, 0.1) is 38.2 Å². The quantitative estimate of drug-likeness (QED) is 0.572. The van der Waals surface area contributed by atoms with Gasteiger partial charge in [0.1, 0.15) is 11.8 Å². The summed E-state index contributed by atoms with van der Waals surface area (Å²) >= 11 is 0. The molecule has 3 rings (SSSR count). The molecule has 0 saturated carbocycles. The number of nitrogen functional groups attached to an aromatic ring is 1. The van der Waals surface area contributed by atoms with Gasteiger partial charge in [0.2, 0.25) is 0 Å². The van der Waals surface area contributed by atoms with Crippen LogP contribution in [-0.2, 0) is 18.6 Å². The Balaban J connectivity index is 0.000000902. The van der Waals surface area contributed by atoms with E-state index in [1.165, 1.54) is 6.33 Å². The molecule has 2 aromatic heterocycles. The predicted molar refractivity (Wildman–Crippen MR) is 63.1 cm³/mol. The number of anilines is 1. The van der Waals surface area contributed by atoms with E-state index in [1.807, 2.05) is 10.6 Å². The van der Waals surface area contributed by atoms with Crippen molar-refractivity contribution in [2.24, 2.45) is 5.92 Å². The third kappa shape index (κ3) is 3.08. The molecule has 1 aliphatic carbocycles. The van der Waals surface area contributed by atoms with Gasteiger partial charge in [-0.15, -0.1) is 0 Å². The number of hydrogen-bond donors (Lipinski definition) is 2. The molecule has 0 bridgehead atoms. The molecule has 0 aliphatic heterocycles. The van der Waals surface area contributed by atoms with Gasteiger partial charge in [-0.1, -0.05) is 12.2 Å². The average Bonchev–Trinajstić information content (AvgIpc) is 2.94. The molecule has 8 heteroatoms. The average molecular weight is 513 g/mol. The summed E-state index contributed by atoms with van der Waals surface area (Å²) in [6, 6.07) is 0.187. The molecule has 0 saturated heterocycles. The van der Waals surface area contributed by atoms with Crippen LogP contribution in [0.3, 0.4) is 0 Å². The first-order valence-corrected chi connectivity index (χ1v) is 5.52. The van der Waals surface area contributed by atoms with Gasteiger partial charge in [-0.05, 0) is 6.42 Å². The summed E-state index contributed by atoms with van der Waals surface area (Å²) < 4.78 is 1.97. The minimum atomic E-state index is 0. The number of hydrogen-bond acceptors (Lipinski definition) is 5. The van der Waals surface area contributed by atoms with Crippen molar-refractivity contribution in [2.45, 2.75) is 12.5 Å². The maximum Gasteiger partial charge on any atom is 0.165 e. The van der Waals surface area contributed by atoms with Crippen LogP contribution in [0.2, 0.25) is 0 Å². The zero-order valence-electron chi connectivity index (χ0n) is 10.2. The molecule has 0 aromatic carbocycles. The van der Waals surface area contributed by atoms with Crippen LogP contribution in [-0.4, -0.2) is 31.2 Å². The molecule has 0 fully saturated rings. The molecule has 2 atom stereocenters. The first kappa shape index (κ1) is 16.8. The van der Waals surface area contributed by atoms with Gasteiger partial charge < -0.3 is 15.4 Å². The summed E-state index contributed by atoms with van der Waals surface area (Å²) in [4.78, 5) is 12.4. The molecular weight excluding hydrogens is 500 g/mol. The number of nitrogens with zero attached hydrogens (tertiary/aromatic N) is 4. The van der Waals surface area contributed by atoms with Crippen LogP contribution in [0.4, 0.5) is 5.82 Å². The van der Waals surface area contributed by atoms with Crippen molar-refractivity contribution in [3.63, 3.8) is 0 Å². The normalized spacial score (nSPS) is 21.1. The molecule has 2 unspecified atom stereocenters. The monoisotopic (exact) mass is 513 g/mol. The maximum absolute atomic E-state index is 9.12. The van der Waals surface area contributed by atoms with Gasteiger partial charge in [0.05, 0.1) is 12.4 Å². The number of aliphatic hydroxyl groups excluding tert-OH is 1. The van der Waals surface area contributed by atoms with Crippen LogP contribution in [0.1, 0.15) is 12.5 Å². The number of nitrogens with two attached hydrogens (primary N) is 1. The Morgan fingerprint density at radius 1 is 1.32 bits per heavy atom. The number of rotatable bonds is 2. The van der Waals surface area contributed by atoms with Crippen molar-refractivity contribution >= 4 is 17.0 Å². The Kier molecular flexibility index (Phi) is 6.13. The summed E-state index contributed by atoms with van der Waals surface area (Å²) in [6.45, 7) is 0.177. The first-order chi connectivity index (χ1) is 8.29. The third-order valence-electron chi connectivity index (χ3n) is 3.13. The third-order valence-corrected chi connectivity index (χ3v) is 3.13. The number of imidazole rings is 1. The molecule has 3 N–H and O–H groups in total. The molecule has 1 aliphatic rings. The molecular formula is C11H13N5OPaV. The number of allylic oxidation sites excluding steroid dienone is 1. The molecule has 0 spiro atoms. The fourth-order valence-corrected chi connectivity index (χ4v) is 2.21. The van der Waals surface area contributed by atoms with E-state index in [0.29, 0.717) is 11.3 Å². The van der Waals surface area contributed by atoms with Gasteiger partial charge in [0, 0.05) is 63.4 Å². The van der Waals surface area contributed by atoms with Crippen molar-refractivity contribution in [3.8, 4) is 0 Å². The van der Waals surface area contributed by atoms with Crippen LogP contribution < -0.4 is 5.73 Å². The van der Waals surface area contributed by atoms with E-state index < -0.39 is 0 Å². The summed E-state index contributed by atoms with van der Waals surface area (Å²) in [6.07, 6.45) is 8.13. The van der Waals surface area contributed by atoms with E-state index in [-0.39, 0.29) is 69.4 Å². The van der Waals surface area contributed by atoms with Gasteiger partial charge in [-0.2, -0.15) is 0 Å². The Labute approximate surface area is 147 Å². The summed E-state index contributed by atoms with van der Waals surface area (Å²) in [7, 11) is 0. The smallest absolute Gasteiger partial charge is 0.165 e. The second-order valence-electron chi connectivity index (χ2n) is 4.21. The zero-order valence-corrected chi connectivity index (χ0v) is 16.4. The van der Waals surface area contributed by atoms with E-state index in [9.17, 15) is 0 Å². The topological polar surface area (TPSA) is 89.9 Å². The summed E-state index contributed by atoms with van der Waals surface area (Å²) in [5, 5.41) is 9.12. The number of aromatic nitrogens is 4. The van der Waals surface area contributed by atoms with E-state index in [4.69, 9.17) is 10.8 Å². The van der Waals surface area contributed by atoms with Crippen LogP contribution in [0.15, 0.2) is 24.8 Å². The minimum absolute atomic E-state index is 0. The van der Waals surface area contributed by atoms with Gasteiger partial charge in [0.25, 0.3) is 0 Å². The standard InChI is InChI=1S/C11H13N5O.Pa.V/c12-10-9-11(14-5-13-10)16(6-15-9)8-2-1-7(3-8)4-17;;/h1-2,5-8,17H,3-4H2,(H2,12,13,14);;. The Bertz CT molecular complexity index is 587. The number of aliphatic hydroxyl groups is 1. The minimum Gasteiger partial charge on any atom is -0.396 e. The molecule has 0 amide bonds. The van der Waals surface area contributed by atoms with Gasteiger partial charge >= 0.3 is 0 Å². The Morgan fingerprint density at radius 2 is 2.11 bits per heavy atom. The van der Waals surface area contributed by atoms with Gasteiger partial charge in [-0.25, -0.2) is 15.0 Å². The molecule has 2 radical (unpaired) electrons. The van der Waals surface area contributed by atoms with Gasteiger partial charge in [0.15, 0.2) is 11.5 Å². The zero-order chi connectivity index (χ0) is 11.8. The molecule has 2 heterocycles.